The van der Waals surface area contributed by atoms with Crippen LogP contribution in [0.3, 0.4) is 0 Å². The number of carbonyl (C=O) groups excluding carboxylic acids is 2. The van der Waals surface area contributed by atoms with Crippen molar-refractivity contribution in [3.05, 3.63) is 48.0 Å². The number of aromatic nitrogens is 2. The number of β-amino-alcohol motifs (C(OH)–C–C–N with tert-alkyl or cyclic N) is 1. The molecule has 0 saturated carbocycles. The lowest BCUT2D eigenvalue weighted by Gasteiger charge is -2.44. The van der Waals surface area contributed by atoms with Gasteiger partial charge in [0.15, 0.2) is 0 Å². The van der Waals surface area contributed by atoms with Crippen LogP contribution in [0, 0.1) is 0 Å². The number of aliphatic hydroxyl groups is 1. The summed E-state index contributed by atoms with van der Waals surface area (Å²) in [4.78, 5) is 31.3. The molecule has 0 unspecified atom stereocenters. The number of urea groups is 1. The van der Waals surface area contributed by atoms with Gasteiger partial charge in [-0.3, -0.25) is 4.79 Å². The number of rotatable bonds is 6. The maximum Gasteiger partial charge on any atom is 0.416 e. The average Bonchev–Trinajstić information content (AvgIpc) is 3.26. The number of nitrogens with zero attached hydrogens (tertiary/aromatic N) is 3. The van der Waals surface area contributed by atoms with Gasteiger partial charge in [0.05, 0.1) is 62.0 Å². The maximum atomic E-state index is 13.1. The predicted molar refractivity (Wildman–Crippen MR) is 130 cm³/mol. The Morgan fingerprint density at radius 2 is 1.95 bits per heavy atom. The lowest BCUT2D eigenvalue weighted by atomic mass is 9.95. The van der Waals surface area contributed by atoms with Gasteiger partial charge in [-0.05, 0) is 37.1 Å². The third kappa shape index (κ3) is 7.45. The van der Waals surface area contributed by atoms with Gasteiger partial charge in [0.1, 0.15) is 6.10 Å². The predicted octanol–water partition coefficient (Wildman–Crippen LogP) is 2.33. The van der Waals surface area contributed by atoms with Crippen molar-refractivity contribution in [1.29, 1.82) is 0 Å². The van der Waals surface area contributed by atoms with Crippen LogP contribution in [0.2, 0.25) is 0 Å². The highest BCUT2D eigenvalue weighted by Gasteiger charge is 2.40. The molecule has 2 saturated heterocycles. The number of halogens is 3. The second-order valence-corrected chi connectivity index (χ2v) is 9.62. The van der Waals surface area contributed by atoms with Crippen LogP contribution >= 0.6 is 0 Å². The minimum absolute atomic E-state index is 0.00465. The number of fused-ring (bicyclic) bond motifs is 1. The number of aryl methyl sites for hydroxylation is 1. The summed E-state index contributed by atoms with van der Waals surface area (Å²) in [7, 11) is 1.88. The molecule has 4 rings (SSSR count). The first-order valence-corrected chi connectivity index (χ1v) is 12.5. The summed E-state index contributed by atoms with van der Waals surface area (Å²) in [5.74, 6) is -0.150. The smallest absolute Gasteiger partial charge is 0.389 e. The first-order valence-electron chi connectivity index (χ1n) is 12.5. The fourth-order valence-corrected chi connectivity index (χ4v) is 4.72. The SMILES string of the molecule is Cn1cnc(CCNC(=O)C[C@@H]2CC[C@@H]3[C@H](COC[C@@H](O)CN3C(=O)Nc3ccc(C(F)(F)F)cc3)O2)c1. The molecule has 0 spiro atoms. The van der Waals surface area contributed by atoms with Crippen LogP contribution in [0.4, 0.5) is 23.7 Å². The van der Waals surface area contributed by atoms with Gasteiger partial charge >= 0.3 is 12.2 Å². The average molecular weight is 540 g/mol. The summed E-state index contributed by atoms with van der Waals surface area (Å²) >= 11 is 0. The van der Waals surface area contributed by atoms with Crippen molar-refractivity contribution >= 4 is 17.6 Å². The second-order valence-electron chi connectivity index (χ2n) is 9.62. The van der Waals surface area contributed by atoms with Gasteiger partial charge in [-0.2, -0.15) is 13.2 Å². The van der Waals surface area contributed by atoms with Crippen molar-refractivity contribution in [2.75, 3.05) is 31.6 Å². The van der Waals surface area contributed by atoms with E-state index in [9.17, 15) is 27.9 Å². The molecule has 3 amide bonds. The summed E-state index contributed by atoms with van der Waals surface area (Å²) in [5.41, 5.74) is 0.263. The topological polar surface area (TPSA) is 118 Å². The zero-order valence-corrected chi connectivity index (χ0v) is 21.0. The maximum absolute atomic E-state index is 13.1. The molecular weight excluding hydrogens is 507 g/mol. The van der Waals surface area contributed by atoms with Crippen LogP contribution in [-0.2, 0) is 33.9 Å². The Morgan fingerprint density at radius 3 is 2.63 bits per heavy atom. The molecular formula is C25H32F3N5O5. The monoisotopic (exact) mass is 539 g/mol. The van der Waals surface area contributed by atoms with Crippen LogP contribution < -0.4 is 10.6 Å². The second kappa shape index (κ2) is 12.1. The summed E-state index contributed by atoms with van der Waals surface area (Å²) in [6.07, 6.45) is -0.921. The Balaban J connectivity index is 1.33. The van der Waals surface area contributed by atoms with Crippen molar-refractivity contribution in [3.63, 3.8) is 0 Å². The number of alkyl halides is 3. The van der Waals surface area contributed by atoms with Gasteiger partial charge < -0.3 is 34.7 Å². The first kappa shape index (κ1) is 27.9. The van der Waals surface area contributed by atoms with Gasteiger partial charge in [0, 0.05) is 31.9 Å². The molecule has 1 aromatic heterocycles. The van der Waals surface area contributed by atoms with E-state index in [-0.39, 0.29) is 43.9 Å². The van der Waals surface area contributed by atoms with E-state index in [1.165, 1.54) is 17.0 Å². The molecule has 10 nitrogen and oxygen atoms in total. The Kier molecular flexibility index (Phi) is 8.90. The molecule has 2 aromatic rings. The Hall–Kier alpha value is -3.16. The van der Waals surface area contributed by atoms with E-state index in [4.69, 9.17) is 9.47 Å². The quantitative estimate of drug-likeness (QED) is 0.519. The molecule has 4 atom stereocenters. The van der Waals surface area contributed by atoms with Crippen molar-refractivity contribution < 1.29 is 37.3 Å². The van der Waals surface area contributed by atoms with Crippen LogP contribution in [0.25, 0.3) is 0 Å². The zero-order chi connectivity index (χ0) is 27.3. The number of anilines is 1. The van der Waals surface area contributed by atoms with E-state index < -0.39 is 36.0 Å². The molecule has 2 aliphatic heterocycles. The van der Waals surface area contributed by atoms with Crippen molar-refractivity contribution in [1.82, 2.24) is 19.8 Å². The van der Waals surface area contributed by atoms with E-state index >= 15 is 0 Å². The highest BCUT2D eigenvalue weighted by atomic mass is 19.4. The van der Waals surface area contributed by atoms with Crippen molar-refractivity contribution in [3.8, 4) is 0 Å². The van der Waals surface area contributed by atoms with Gasteiger partial charge in [-0.1, -0.05) is 0 Å². The van der Waals surface area contributed by atoms with Crippen molar-refractivity contribution in [2.24, 2.45) is 7.05 Å². The molecule has 38 heavy (non-hydrogen) atoms. The molecule has 0 aliphatic carbocycles. The summed E-state index contributed by atoms with van der Waals surface area (Å²) in [5, 5.41) is 15.8. The van der Waals surface area contributed by atoms with Gasteiger partial charge in [0.2, 0.25) is 5.91 Å². The number of aliphatic hydroxyl groups excluding tert-OH is 1. The molecule has 0 radical (unpaired) electrons. The summed E-state index contributed by atoms with van der Waals surface area (Å²) in [6, 6.07) is 3.15. The van der Waals surface area contributed by atoms with Crippen LogP contribution in [0.1, 0.15) is 30.5 Å². The van der Waals surface area contributed by atoms with Gasteiger partial charge in [-0.25, -0.2) is 9.78 Å². The third-order valence-corrected chi connectivity index (χ3v) is 6.58. The minimum Gasteiger partial charge on any atom is -0.389 e. The highest BCUT2D eigenvalue weighted by Crippen LogP contribution is 2.31. The molecule has 13 heteroatoms. The molecule has 2 fully saturated rings. The van der Waals surface area contributed by atoms with Crippen LogP contribution in [-0.4, -0.2) is 82.2 Å². The lowest BCUT2D eigenvalue weighted by Crippen LogP contribution is -2.58. The van der Waals surface area contributed by atoms with E-state index in [2.05, 4.69) is 15.6 Å². The largest absolute Gasteiger partial charge is 0.416 e. The highest BCUT2D eigenvalue weighted by molar-refractivity contribution is 5.89. The van der Waals surface area contributed by atoms with Gasteiger partial charge in [0.25, 0.3) is 0 Å². The van der Waals surface area contributed by atoms with E-state index in [0.717, 1.165) is 17.8 Å². The molecule has 3 heterocycles. The van der Waals surface area contributed by atoms with Crippen LogP contribution in [0.15, 0.2) is 36.8 Å². The number of nitrogens with one attached hydrogen (secondary N) is 2. The number of ether oxygens (including phenoxy) is 2. The normalized spacial score (nSPS) is 24.2. The third-order valence-electron chi connectivity index (χ3n) is 6.58. The number of carbonyl (C=O) groups is 2. The number of amides is 3. The minimum atomic E-state index is -4.48. The molecule has 1 aromatic carbocycles. The zero-order valence-electron chi connectivity index (χ0n) is 21.0. The Bertz CT molecular complexity index is 1090. The standard InChI is InChI=1S/C25H32F3N5O5/c1-32-11-18(30-15-32)8-9-29-23(35)10-20-6-7-21-22(38-20)14-37-13-19(34)12-33(21)24(36)31-17-4-2-16(3-5-17)25(26,27)28/h2-5,11,15,19-22,34H,6-10,12-14H2,1H3,(H,29,35)(H,31,36)/t19-,20-,21+,22-/m0/s1. The fourth-order valence-electron chi connectivity index (χ4n) is 4.72. The van der Waals surface area contributed by atoms with E-state index in [1.807, 2.05) is 17.8 Å². The van der Waals surface area contributed by atoms with Crippen LogP contribution in [0.5, 0.6) is 0 Å². The molecule has 208 valence electrons. The fraction of sp³-hybridized carbons (Fsp3) is 0.560. The molecule has 3 N–H and O–H groups in total. The van der Waals surface area contributed by atoms with Gasteiger partial charge in [-0.15, -0.1) is 0 Å². The first-order chi connectivity index (χ1) is 18.1. The molecule has 0 bridgehead atoms. The lowest BCUT2D eigenvalue weighted by molar-refractivity contribution is -0.149. The van der Waals surface area contributed by atoms with E-state index in [0.29, 0.717) is 25.8 Å². The Labute approximate surface area is 218 Å². The number of hydrogen-bond donors (Lipinski definition) is 3. The molecule has 2 aliphatic rings. The summed E-state index contributed by atoms with van der Waals surface area (Å²) < 4.78 is 52.1. The number of imidazole rings is 1. The number of hydrogen-bond acceptors (Lipinski definition) is 6. The number of benzene rings is 1. The van der Waals surface area contributed by atoms with E-state index in [1.54, 1.807) is 6.33 Å². The Morgan fingerprint density at radius 1 is 1.18 bits per heavy atom. The van der Waals surface area contributed by atoms with Crippen molar-refractivity contribution in [2.45, 2.75) is 56.2 Å². The summed E-state index contributed by atoms with van der Waals surface area (Å²) in [6.45, 7) is 0.544.